The second-order valence-electron chi connectivity index (χ2n) is 5.79. The summed E-state index contributed by atoms with van der Waals surface area (Å²) in [6.45, 7) is 0. The summed E-state index contributed by atoms with van der Waals surface area (Å²) in [5.41, 5.74) is 13.3. The Morgan fingerprint density at radius 1 is 1.12 bits per heavy atom. The molecule has 3 rings (SSSR count). The second kappa shape index (κ2) is 6.16. The number of urea groups is 1. The van der Waals surface area contributed by atoms with Gasteiger partial charge in [0.25, 0.3) is 5.91 Å². The summed E-state index contributed by atoms with van der Waals surface area (Å²) in [6.07, 6.45) is 1.77. The number of hydrogen-bond acceptors (Lipinski definition) is 4. The largest absolute Gasteiger partial charge is 0.365 e. The molecule has 0 radical (unpaired) electrons. The minimum Gasteiger partial charge on any atom is -0.365 e. The lowest BCUT2D eigenvalue weighted by atomic mass is 10.0. The number of H-pyrrole nitrogens is 1. The Morgan fingerprint density at radius 3 is 2.40 bits per heavy atom. The van der Waals surface area contributed by atoms with E-state index in [0.29, 0.717) is 10.9 Å². The van der Waals surface area contributed by atoms with Gasteiger partial charge in [0, 0.05) is 36.8 Å². The quantitative estimate of drug-likeness (QED) is 0.578. The van der Waals surface area contributed by atoms with Crippen molar-refractivity contribution in [3.05, 3.63) is 42.1 Å². The Morgan fingerprint density at radius 2 is 1.84 bits per heavy atom. The number of primary amides is 2. The Hall–Kier alpha value is -3.55. The van der Waals surface area contributed by atoms with E-state index in [0.717, 1.165) is 16.9 Å². The molecule has 128 valence electrons. The number of nitrogens with one attached hydrogen (secondary N) is 2. The molecule has 3 aromatic rings. The second-order valence-corrected chi connectivity index (χ2v) is 5.79. The highest BCUT2D eigenvalue weighted by molar-refractivity contribution is 6.13. The monoisotopic (exact) mass is 338 g/mol. The zero-order valence-electron chi connectivity index (χ0n) is 13.8. The van der Waals surface area contributed by atoms with Gasteiger partial charge in [0.05, 0.1) is 5.56 Å². The zero-order chi connectivity index (χ0) is 18.1. The lowest BCUT2D eigenvalue weighted by molar-refractivity contribution is 0.100. The molecule has 2 aromatic heterocycles. The van der Waals surface area contributed by atoms with Crippen LogP contribution in [0.25, 0.3) is 22.0 Å². The van der Waals surface area contributed by atoms with Gasteiger partial charge in [-0.1, -0.05) is 12.1 Å². The maximum Gasteiger partial charge on any atom is 0.317 e. The van der Waals surface area contributed by atoms with Crippen LogP contribution in [0.15, 0.2) is 36.5 Å². The van der Waals surface area contributed by atoms with Crippen molar-refractivity contribution in [2.75, 3.05) is 24.3 Å². The van der Waals surface area contributed by atoms with Crippen LogP contribution in [-0.4, -0.2) is 36.0 Å². The van der Waals surface area contributed by atoms with Crippen LogP contribution in [0, 0.1) is 0 Å². The molecule has 3 amide bonds. The van der Waals surface area contributed by atoms with E-state index in [-0.39, 0.29) is 11.4 Å². The summed E-state index contributed by atoms with van der Waals surface area (Å²) in [6, 6.07) is 8.60. The van der Waals surface area contributed by atoms with Crippen LogP contribution in [0.2, 0.25) is 0 Å². The molecule has 0 aliphatic rings. The summed E-state index contributed by atoms with van der Waals surface area (Å²) >= 11 is 0. The van der Waals surface area contributed by atoms with E-state index in [1.54, 1.807) is 12.3 Å². The van der Waals surface area contributed by atoms with Crippen molar-refractivity contribution in [1.29, 1.82) is 0 Å². The third-order valence-corrected chi connectivity index (χ3v) is 3.83. The lowest BCUT2D eigenvalue weighted by Gasteiger charge is -2.11. The molecular weight excluding hydrogens is 320 g/mol. The highest BCUT2D eigenvalue weighted by Gasteiger charge is 2.17. The number of fused-ring (bicyclic) bond motifs is 1. The van der Waals surface area contributed by atoms with Crippen molar-refractivity contribution >= 4 is 34.5 Å². The first-order chi connectivity index (χ1) is 11.9. The van der Waals surface area contributed by atoms with Gasteiger partial charge in [-0.25, -0.2) is 9.78 Å². The van der Waals surface area contributed by atoms with Gasteiger partial charge < -0.3 is 21.4 Å². The number of nitrogens with zero attached hydrogens (tertiary/aromatic N) is 2. The van der Waals surface area contributed by atoms with E-state index in [4.69, 9.17) is 11.5 Å². The Bertz CT molecular complexity index is 959. The zero-order valence-corrected chi connectivity index (χ0v) is 13.8. The molecule has 0 aliphatic carbocycles. The SMILES string of the molecule is CN(C)c1ccc(-c2ccc3c(C(N)=O)c(NC(N)=O)[nH]c3c2)cn1. The van der Waals surface area contributed by atoms with Crippen molar-refractivity contribution in [3.8, 4) is 11.1 Å². The Labute approximate surface area is 143 Å². The molecular formula is C17H18N6O2. The predicted molar refractivity (Wildman–Crippen MR) is 97.6 cm³/mol. The number of hydrogen-bond donors (Lipinski definition) is 4. The Kier molecular flexibility index (Phi) is 4.02. The molecule has 0 atom stereocenters. The van der Waals surface area contributed by atoms with Crippen LogP contribution >= 0.6 is 0 Å². The van der Waals surface area contributed by atoms with Crippen LogP contribution in [0.1, 0.15) is 10.4 Å². The van der Waals surface area contributed by atoms with E-state index in [1.165, 1.54) is 0 Å². The van der Waals surface area contributed by atoms with Crippen molar-refractivity contribution < 1.29 is 9.59 Å². The number of pyridine rings is 1. The summed E-state index contributed by atoms with van der Waals surface area (Å²) in [5, 5.41) is 3.00. The molecule has 0 unspecified atom stereocenters. The maximum atomic E-state index is 11.7. The summed E-state index contributed by atoms with van der Waals surface area (Å²) in [7, 11) is 3.84. The number of aromatic amines is 1. The lowest BCUT2D eigenvalue weighted by Crippen LogP contribution is -2.22. The van der Waals surface area contributed by atoms with Crippen molar-refractivity contribution in [3.63, 3.8) is 0 Å². The Balaban J connectivity index is 2.08. The van der Waals surface area contributed by atoms with Crippen LogP contribution in [0.3, 0.4) is 0 Å². The van der Waals surface area contributed by atoms with Crippen LogP contribution in [-0.2, 0) is 0 Å². The van der Waals surface area contributed by atoms with Gasteiger partial charge in [-0.2, -0.15) is 0 Å². The van der Waals surface area contributed by atoms with Gasteiger partial charge in [0.2, 0.25) is 0 Å². The van der Waals surface area contributed by atoms with E-state index in [1.807, 2.05) is 43.3 Å². The van der Waals surface area contributed by atoms with E-state index in [9.17, 15) is 9.59 Å². The van der Waals surface area contributed by atoms with Crippen molar-refractivity contribution in [1.82, 2.24) is 9.97 Å². The molecule has 25 heavy (non-hydrogen) atoms. The van der Waals surface area contributed by atoms with Crippen LogP contribution in [0.5, 0.6) is 0 Å². The number of anilines is 2. The first kappa shape index (κ1) is 16.3. The van der Waals surface area contributed by atoms with Gasteiger partial charge in [0.1, 0.15) is 11.6 Å². The number of nitrogens with two attached hydrogens (primary N) is 2. The fourth-order valence-electron chi connectivity index (χ4n) is 2.67. The molecule has 0 aliphatic heterocycles. The number of aromatic nitrogens is 2. The van der Waals surface area contributed by atoms with E-state index >= 15 is 0 Å². The topological polar surface area (TPSA) is 130 Å². The van der Waals surface area contributed by atoms with Crippen LogP contribution in [0.4, 0.5) is 16.4 Å². The summed E-state index contributed by atoms with van der Waals surface area (Å²) in [4.78, 5) is 32.1. The predicted octanol–water partition coefficient (Wildman–Crippen LogP) is 1.89. The van der Waals surface area contributed by atoms with Gasteiger partial charge >= 0.3 is 6.03 Å². The number of amides is 3. The smallest absolute Gasteiger partial charge is 0.317 e. The van der Waals surface area contributed by atoms with Gasteiger partial charge in [0.15, 0.2) is 0 Å². The molecule has 6 N–H and O–H groups in total. The number of carbonyl (C=O) groups excluding carboxylic acids is 2. The minimum atomic E-state index is -0.780. The van der Waals surface area contributed by atoms with Crippen LogP contribution < -0.4 is 21.7 Å². The first-order valence-corrected chi connectivity index (χ1v) is 7.52. The molecule has 8 nitrogen and oxygen atoms in total. The fraction of sp³-hybridized carbons (Fsp3) is 0.118. The standard InChI is InChI=1S/C17H18N6O2/c1-23(2)13-6-4-10(8-20-13)9-3-5-11-12(7-9)21-16(22-17(19)25)14(11)15(18)24/h3-8,21H,1-2H3,(H2,18,24)(H3,19,22,25). The molecule has 0 spiro atoms. The van der Waals surface area contributed by atoms with E-state index < -0.39 is 11.9 Å². The molecule has 0 saturated carbocycles. The molecule has 2 heterocycles. The summed E-state index contributed by atoms with van der Waals surface area (Å²) < 4.78 is 0. The highest BCUT2D eigenvalue weighted by Crippen LogP contribution is 2.30. The molecule has 1 aromatic carbocycles. The van der Waals surface area contributed by atoms with E-state index in [2.05, 4.69) is 15.3 Å². The molecule has 0 bridgehead atoms. The molecule has 8 heteroatoms. The van der Waals surface area contributed by atoms with Gasteiger partial charge in [-0.05, 0) is 23.8 Å². The average molecular weight is 338 g/mol. The maximum absolute atomic E-state index is 11.7. The minimum absolute atomic E-state index is 0.188. The van der Waals surface area contributed by atoms with Crippen molar-refractivity contribution in [2.45, 2.75) is 0 Å². The molecule has 0 fully saturated rings. The normalized spacial score (nSPS) is 10.6. The average Bonchev–Trinajstić information content (AvgIpc) is 2.91. The number of carbonyl (C=O) groups is 2. The summed E-state index contributed by atoms with van der Waals surface area (Å²) in [5.74, 6) is 0.390. The van der Waals surface area contributed by atoms with Gasteiger partial charge in [-0.15, -0.1) is 0 Å². The highest BCUT2D eigenvalue weighted by atomic mass is 16.2. The number of benzene rings is 1. The third kappa shape index (κ3) is 3.09. The van der Waals surface area contributed by atoms with Crippen molar-refractivity contribution in [2.24, 2.45) is 11.5 Å². The first-order valence-electron chi connectivity index (χ1n) is 7.52. The fourth-order valence-corrected chi connectivity index (χ4v) is 2.67. The molecule has 0 saturated heterocycles. The number of rotatable bonds is 4. The third-order valence-electron chi connectivity index (χ3n) is 3.83. The van der Waals surface area contributed by atoms with Gasteiger partial charge in [-0.3, -0.25) is 10.1 Å².